The van der Waals surface area contributed by atoms with Crippen molar-refractivity contribution in [1.29, 1.82) is 0 Å². The van der Waals surface area contributed by atoms with Gasteiger partial charge in [0.2, 0.25) is 0 Å². The van der Waals surface area contributed by atoms with Gasteiger partial charge in [0.15, 0.2) is 0 Å². The van der Waals surface area contributed by atoms with Crippen LogP contribution >= 0.6 is 22.7 Å². The molecule has 0 aromatic carbocycles. The molecular weight excluding hydrogens is 404 g/mol. The fourth-order valence-electron chi connectivity index (χ4n) is 4.27. The maximum absolute atomic E-state index is 12.9. The molecule has 3 aromatic heterocycles. The highest BCUT2D eigenvalue weighted by molar-refractivity contribution is 7.15. The van der Waals surface area contributed by atoms with Crippen LogP contribution in [0, 0.1) is 6.92 Å². The number of amides is 1. The second kappa shape index (κ2) is 7.19. The van der Waals surface area contributed by atoms with E-state index in [4.69, 9.17) is 10.5 Å². The van der Waals surface area contributed by atoms with Crippen molar-refractivity contribution in [1.82, 2.24) is 14.9 Å². The monoisotopic (exact) mass is 426 g/mol. The number of thiazole rings is 1. The van der Waals surface area contributed by atoms with Gasteiger partial charge in [0.25, 0.3) is 5.91 Å². The first-order valence-electron chi connectivity index (χ1n) is 9.75. The minimum atomic E-state index is -0.303. The number of aromatic nitrogens is 2. The third kappa shape index (κ3) is 3.25. The zero-order valence-electron chi connectivity index (χ0n) is 16.2. The number of piperidine rings is 1. The van der Waals surface area contributed by atoms with Crippen molar-refractivity contribution in [2.75, 3.05) is 25.4 Å². The predicted octanol–water partition coefficient (Wildman–Crippen LogP) is 3.86. The third-order valence-corrected chi connectivity index (χ3v) is 7.96. The van der Waals surface area contributed by atoms with Gasteiger partial charge in [-0.05, 0) is 43.5 Å². The Balaban J connectivity index is 1.40. The highest BCUT2D eigenvalue weighted by atomic mass is 32.1. The number of nitrogens with two attached hydrogens (primary N) is 1. The number of rotatable bonds is 2. The number of carbonyl (C=O) groups is 1. The van der Waals surface area contributed by atoms with E-state index in [2.05, 4.69) is 16.0 Å². The molecule has 5 rings (SSSR count). The number of thiophene rings is 1. The number of nitrogen functional groups attached to an aromatic ring is 1. The standard InChI is InChI=1S/C21H22N4O2S2/c1-13-19(28-12-23-13)20(26)25-8-6-21(7-9-25)14-11-17(29-16(14)5-10-27-21)15-3-2-4-18(22)24-15/h2-4,11-12H,5-10H2,1H3,(H2,22,24). The van der Waals surface area contributed by atoms with Gasteiger partial charge < -0.3 is 15.4 Å². The molecule has 2 aliphatic rings. The van der Waals surface area contributed by atoms with Crippen molar-refractivity contribution in [2.45, 2.75) is 31.8 Å². The summed E-state index contributed by atoms with van der Waals surface area (Å²) in [6.45, 7) is 4.00. The molecule has 1 saturated heterocycles. The Labute approximate surface area is 177 Å². The van der Waals surface area contributed by atoms with E-state index in [9.17, 15) is 4.79 Å². The van der Waals surface area contributed by atoms with E-state index in [-0.39, 0.29) is 11.5 Å². The van der Waals surface area contributed by atoms with E-state index in [0.717, 1.165) is 47.0 Å². The van der Waals surface area contributed by atoms with Crippen LogP contribution in [-0.4, -0.2) is 40.5 Å². The Hall–Kier alpha value is -2.29. The number of anilines is 1. The van der Waals surface area contributed by atoms with E-state index in [1.54, 1.807) is 22.9 Å². The number of ether oxygens (including phenoxy) is 1. The quantitative estimate of drug-likeness (QED) is 0.673. The van der Waals surface area contributed by atoms with Gasteiger partial charge in [-0.15, -0.1) is 22.7 Å². The maximum Gasteiger partial charge on any atom is 0.265 e. The van der Waals surface area contributed by atoms with Gasteiger partial charge in [-0.3, -0.25) is 4.79 Å². The topological polar surface area (TPSA) is 81.3 Å². The Morgan fingerprint density at radius 2 is 2.14 bits per heavy atom. The zero-order chi connectivity index (χ0) is 20.0. The number of fused-ring (bicyclic) bond motifs is 2. The van der Waals surface area contributed by atoms with Gasteiger partial charge in [0.1, 0.15) is 10.7 Å². The van der Waals surface area contributed by atoms with Crippen molar-refractivity contribution >= 4 is 34.4 Å². The molecule has 0 radical (unpaired) electrons. The predicted molar refractivity (Wildman–Crippen MR) is 115 cm³/mol. The molecule has 5 heterocycles. The zero-order valence-corrected chi connectivity index (χ0v) is 17.8. The lowest BCUT2D eigenvalue weighted by molar-refractivity contribution is -0.0926. The second-order valence-corrected chi connectivity index (χ2v) is 9.54. The number of pyridine rings is 1. The molecule has 2 aliphatic heterocycles. The van der Waals surface area contributed by atoms with Crippen molar-refractivity contribution in [3.8, 4) is 10.6 Å². The van der Waals surface area contributed by atoms with Gasteiger partial charge in [-0.1, -0.05) is 6.07 Å². The average Bonchev–Trinajstić information content (AvgIpc) is 3.35. The molecule has 150 valence electrons. The summed E-state index contributed by atoms with van der Waals surface area (Å²) in [5.74, 6) is 0.621. The summed E-state index contributed by atoms with van der Waals surface area (Å²) in [6.07, 6.45) is 2.54. The normalized spacial score (nSPS) is 18.0. The molecule has 1 amide bonds. The molecule has 6 nitrogen and oxygen atoms in total. The lowest BCUT2D eigenvalue weighted by Crippen LogP contribution is -2.48. The van der Waals surface area contributed by atoms with E-state index in [0.29, 0.717) is 18.9 Å². The van der Waals surface area contributed by atoms with Gasteiger partial charge in [0, 0.05) is 24.4 Å². The summed E-state index contributed by atoms with van der Waals surface area (Å²) in [5, 5.41) is 0. The Kier molecular flexibility index (Phi) is 4.64. The van der Waals surface area contributed by atoms with Crippen LogP contribution in [0.3, 0.4) is 0 Å². The molecule has 8 heteroatoms. The first-order valence-corrected chi connectivity index (χ1v) is 11.4. The summed E-state index contributed by atoms with van der Waals surface area (Å²) in [6, 6.07) is 7.97. The fraction of sp³-hybridized carbons (Fsp3) is 0.381. The van der Waals surface area contributed by atoms with E-state index in [1.165, 1.54) is 21.8 Å². The Morgan fingerprint density at radius 1 is 1.31 bits per heavy atom. The summed E-state index contributed by atoms with van der Waals surface area (Å²) >= 11 is 3.21. The number of hydrogen-bond acceptors (Lipinski definition) is 7. The van der Waals surface area contributed by atoms with E-state index < -0.39 is 0 Å². The molecule has 0 saturated carbocycles. The Morgan fingerprint density at radius 3 is 2.86 bits per heavy atom. The molecule has 1 fully saturated rings. The minimum Gasteiger partial charge on any atom is -0.384 e. The molecule has 3 aromatic rings. The van der Waals surface area contributed by atoms with Gasteiger partial charge in [0.05, 0.1) is 34.0 Å². The number of hydrogen-bond donors (Lipinski definition) is 1. The van der Waals surface area contributed by atoms with Crippen LogP contribution in [0.1, 0.15) is 38.6 Å². The second-order valence-electron chi connectivity index (χ2n) is 7.55. The number of nitrogens with zero attached hydrogens (tertiary/aromatic N) is 3. The number of aryl methyl sites for hydroxylation is 1. The smallest absolute Gasteiger partial charge is 0.265 e. The molecule has 2 N–H and O–H groups in total. The molecule has 0 bridgehead atoms. The van der Waals surface area contributed by atoms with Crippen molar-refractivity contribution < 1.29 is 9.53 Å². The Bertz CT molecular complexity index is 1070. The van der Waals surface area contributed by atoms with Crippen molar-refractivity contribution in [3.05, 3.63) is 50.8 Å². The van der Waals surface area contributed by atoms with E-state index >= 15 is 0 Å². The van der Waals surface area contributed by atoms with Crippen LogP contribution < -0.4 is 5.73 Å². The summed E-state index contributed by atoms with van der Waals surface area (Å²) < 4.78 is 6.36. The lowest BCUT2D eigenvalue weighted by atomic mass is 9.82. The van der Waals surface area contributed by atoms with Crippen LogP contribution in [0.25, 0.3) is 10.6 Å². The molecule has 1 spiro atoms. The fourth-order valence-corrected chi connectivity index (χ4v) is 6.24. The van der Waals surface area contributed by atoms with Gasteiger partial charge >= 0.3 is 0 Å². The van der Waals surface area contributed by atoms with Crippen LogP contribution in [0.5, 0.6) is 0 Å². The summed E-state index contributed by atoms with van der Waals surface area (Å²) in [4.78, 5) is 26.7. The first kappa shape index (κ1) is 18.7. The van der Waals surface area contributed by atoms with Crippen LogP contribution in [-0.2, 0) is 16.8 Å². The molecule has 0 atom stereocenters. The van der Waals surface area contributed by atoms with Crippen molar-refractivity contribution in [3.63, 3.8) is 0 Å². The van der Waals surface area contributed by atoms with Crippen LogP contribution in [0.15, 0.2) is 29.8 Å². The lowest BCUT2D eigenvalue weighted by Gasteiger charge is -2.44. The third-order valence-electron chi connectivity index (χ3n) is 5.83. The molecule has 0 unspecified atom stereocenters. The van der Waals surface area contributed by atoms with Gasteiger partial charge in [-0.25, -0.2) is 9.97 Å². The SMILES string of the molecule is Cc1ncsc1C(=O)N1CCC2(CC1)OCCc1sc(-c3cccc(N)n3)cc12. The molecule has 0 aliphatic carbocycles. The largest absolute Gasteiger partial charge is 0.384 e. The first-order chi connectivity index (χ1) is 14.1. The molecular formula is C21H22N4O2S2. The molecule has 29 heavy (non-hydrogen) atoms. The number of carbonyl (C=O) groups excluding carboxylic acids is 1. The number of likely N-dealkylation sites (tertiary alicyclic amines) is 1. The average molecular weight is 427 g/mol. The van der Waals surface area contributed by atoms with Crippen LogP contribution in [0.4, 0.5) is 5.82 Å². The summed E-state index contributed by atoms with van der Waals surface area (Å²) in [5.41, 5.74) is 10.3. The summed E-state index contributed by atoms with van der Waals surface area (Å²) in [7, 11) is 0. The highest BCUT2D eigenvalue weighted by Crippen LogP contribution is 2.46. The van der Waals surface area contributed by atoms with Crippen LogP contribution in [0.2, 0.25) is 0 Å². The van der Waals surface area contributed by atoms with Crippen molar-refractivity contribution in [2.24, 2.45) is 0 Å². The minimum absolute atomic E-state index is 0.0888. The van der Waals surface area contributed by atoms with E-state index in [1.807, 2.05) is 24.0 Å². The maximum atomic E-state index is 12.9. The van der Waals surface area contributed by atoms with Gasteiger partial charge in [-0.2, -0.15) is 0 Å². The highest BCUT2D eigenvalue weighted by Gasteiger charge is 2.43.